The molecular formula is C13H25NO2. The van der Waals surface area contributed by atoms with Crippen molar-refractivity contribution in [3.63, 3.8) is 0 Å². The van der Waals surface area contributed by atoms with Crippen molar-refractivity contribution in [1.82, 2.24) is 4.90 Å². The van der Waals surface area contributed by atoms with E-state index < -0.39 is 11.4 Å². The molecule has 94 valence electrons. The van der Waals surface area contributed by atoms with Gasteiger partial charge in [0.1, 0.15) is 0 Å². The molecule has 0 atom stereocenters. The third kappa shape index (κ3) is 2.97. The van der Waals surface area contributed by atoms with Gasteiger partial charge in [0.25, 0.3) is 0 Å². The van der Waals surface area contributed by atoms with E-state index in [2.05, 4.69) is 11.8 Å². The van der Waals surface area contributed by atoms with Gasteiger partial charge in [-0.25, -0.2) is 0 Å². The summed E-state index contributed by atoms with van der Waals surface area (Å²) >= 11 is 0. The number of carbonyl (C=O) groups is 1. The van der Waals surface area contributed by atoms with Gasteiger partial charge >= 0.3 is 5.97 Å². The normalized spacial score (nSPS) is 16.8. The molecular weight excluding hydrogens is 202 g/mol. The number of carboxylic acids is 1. The Morgan fingerprint density at radius 3 is 2.19 bits per heavy atom. The number of aliphatic carboxylic acids is 1. The summed E-state index contributed by atoms with van der Waals surface area (Å²) in [6.07, 6.45) is 5.07. The first-order valence-corrected chi connectivity index (χ1v) is 6.57. The molecule has 0 aromatic carbocycles. The highest BCUT2D eigenvalue weighted by Crippen LogP contribution is 2.34. The number of nitrogens with zero attached hydrogens (tertiary/aromatic N) is 1. The van der Waals surface area contributed by atoms with Crippen LogP contribution in [-0.2, 0) is 4.79 Å². The van der Waals surface area contributed by atoms with Crippen LogP contribution in [0.5, 0.6) is 0 Å². The van der Waals surface area contributed by atoms with Gasteiger partial charge in [-0.3, -0.25) is 9.69 Å². The minimum absolute atomic E-state index is 0.530. The van der Waals surface area contributed by atoms with Gasteiger partial charge in [0.2, 0.25) is 0 Å². The smallest absolute Gasteiger partial charge is 0.310 e. The Labute approximate surface area is 98.8 Å². The number of carboxylic acid groups (broad SMARTS) is 1. The van der Waals surface area contributed by atoms with Gasteiger partial charge in [0.05, 0.1) is 5.41 Å². The van der Waals surface area contributed by atoms with E-state index in [4.69, 9.17) is 0 Å². The highest BCUT2D eigenvalue weighted by atomic mass is 16.4. The molecule has 1 aliphatic carbocycles. The minimum atomic E-state index is -0.626. The molecule has 1 N–H and O–H groups in total. The van der Waals surface area contributed by atoms with Crippen molar-refractivity contribution in [3.05, 3.63) is 0 Å². The van der Waals surface area contributed by atoms with Crippen molar-refractivity contribution < 1.29 is 9.90 Å². The zero-order valence-electron chi connectivity index (χ0n) is 10.8. The summed E-state index contributed by atoms with van der Waals surface area (Å²) in [7, 11) is 0. The van der Waals surface area contributed by atoms with E-state index in [0.717, 1.165) is 32.4 Å². The molecule has 16 heavy (non-hydrogen) atoms. The van der Waals surface area contributed by atoms with E-state index in [1.165, 1.54) is 12.8 Å². The van der Waals surface area contributed by atoms with Crippen LogP contribution >= 0.6 is 0 Å². The van der Waals surface area contributed by atoms with Crippen LogP contribution < -0.4 is 0 Å². The Morgan fingerprint density at radius 2 is 1.88 bits per heavy atom. The molecule has 1 saturated carbocycles. The molecule has 0 saturated heterocycles. The van der Waals surface area contributed by atoms with E-state index >= 15 is 0 Å². The third-order valence-corrected chi connectivity index (χ3v) is 3.89. The van der Waals surface area contributed by atoms with Crippen LogP contribution in [0.1, 0.15) is 52.9 Å². The van der Waals surface area contributed by atoms with Crippen molar-refractivity contribution in [2.75, 3.05) is 13.1 Å². The van der Waals surface area contributed by atoms with E-state index in [0.29, 0.717) is 6.04 Å². The van der Waals surface area contributed by atoms with E-state index in [9.17, 15) is 9.90 Å². The van der Waals surface area contributed by atoms with Crippen LogP contribution in [-0.4, -0.2) is 35.1 Å². The van der Waals surface area contributed by atoms with Crippen molar-refractivity contribution >= 4 is 5.97 Å². The summed E-state index contributed by atoms with van der Waals surface area (Å²) in [4.78, 5) is 13.8. The highest BCUT2D eigenvalue weighted by Gasteiger charge is 2.40. The summed E-state index contributed by atoms with van der Waals surface area (Å²) in [6.45, 7) is 7.92. The van der Waals surface area contributed by atoms with Gasteiger partial charge in [-0.2, -0.15) is 0 Å². The quantitative estimate of drug-likeness (QED) is 0.693. The Hall–Kier alpha value is -0.570. The maximum absolute atomic E-state index is 11.4. The van der Waals surface area contributed by atoms with Crippen molar-refractivity contribution in [1.29, 1.82) is 0 Å². The van der Waals surface area contributed by atoms with Crippen LogP contribution in [0.2, 0.25) is 0 Å². The molecule has 0 bridgehead atoms. The predicted octanol–water partition coefficient (Wildman–Crippen LogP) is 2.75. The van der Waals surface area contributed by atoms with Crippen molar-refractivity contribution in [3.8, 4) is 0 Å². The lowest BCUT2D eigenvalue weighted by Crippen LogP contribution is -2.43. The molecule has 1 rings (SSSR count). The zero-order chi connectivity index (χ0) is 12.2. The highest BCUT2D eigenvalue weighted by molar-refractivity contribution is 5.74. The predicted molar refractivity (Wildman–Crippen MR) is 65.5 cm³/mol. The molecule has 0 aromatic rings. The Morgan fingerprint density at radius 1 is 1.31 bits per heavy atom. The second-order valence-corrected chi connectivity index (χ2v) is 4.99. The Bertz CT molecular complexity index is 232. The fraction of sp³-hybridized carbons (Fsp3) is 0.923. The maximum Gasteiger partial charge on any atom is 0.310 e. The zero-order valence-corrected chi connectivity index (χ0v) is 10.8. The van der Waals surface area contributed by atoms with Gasteiger partial charge in [0.15, 0.2) is 0 Å². The Kier molecular flexibility index (Phi) is 4.78. The average Bonchev–Trinajstić information content (AvgIpc) is 3.08. The summed E-state index contributed by atoms with van der Waals surface area (Å²) in [5.74, 6) is -0.626. The number of hydrogen-bond donors (Lipinski definition) is 1. The first kappa shape index (κ1) is 13.5. The lowest BCUT2D eigenvalue weighted by Gasteiger charge is -2.33. The van der Waals surface area contributed by atoms with E-state index in [1.54, 1.807) is 0 Å². The molecule has 0 unspecified atom stereocenters. The van der Waals surface area contributed by atoms with E-state index in [-0.39, 0.29) is 0 Å². The van der Waals surface area contributed by atoms with Gasteiger partial charge in [-0.05, 0) is 38.6 Å². The standard InChI is InChI=1S/C13H25NO2/c1-4-9-14(11-7-8-11)10-13(5-2,6-3)12(15)16/h11H,4-10H2,1-3H3,(H,15,16). The number of rotatable bonds is 8. The molecule has 3 heteroatoms. The summed E-state index contributed by atoms with van der Waals surface area (Å²) in [5, 5.41) is 9.42. The van der Waals surface area contributed by atoms with Crippen molar-refractivity contribution in [2.45, 2.75) is 58.9 Å². The maximum atomic E-state index is 11.4. The molecule has 1 fully saturated rings. The number of hydrogen-bond acceptors (Lipinski definition) is 2. The fourth-order valence-corrected chi connectivity index (χ4v) is 2.35. The second-order valence-electron chi connectivity index (χ2n) is 4.99. The van der Waals surface area contributed by atoms with Gasteiger partial charge in [-0.1, -0.05) is 20.8 Å². The summed E-state index contributed by atoms with van der Waals surface area (Å²) in [6, 6.07) is 0.664. The molecule has 0 aliphatic heterocycles. The molecule has 0 heterocycles. The Balaban J connectivity index is 2.67. The minimum Gasteiger partial charge on any atom is -0.481 e. The molecule has 1 aliphatic rings. The van der Waals surface area contributed by atoms with Crippen LogP contribution in [0.3, 0.4) is 0 Å². The first-order valence-electron chi connectivity index (χ1n) is 6.57. The SMILES string of the molecule is CCCN(CC(CC)(CC)C(=O)O)C1CC1. The van der Waals surface area contributed by atoms with Crippen LogP contribution in [0, 0.1) is 5.41 Å². The molecule has 0 radical (unpaired) electrons. The first-order chi connectivity index (χ1) is 7.59. The summed E-state index contributed by atoms with van der Waals surface area (Å²) in [5.41, 5.74) is -0.530. The van der Waals surface area contributed by atoms with Gasteiger partial charge in [0, 0.05) is 12.6 Å². The lowest BCUT2D eigenvalue weighted by molar-refractivity contribution is -0.151. The van der Waals surface area contributed by atoms with Crippen LogP contribution in [0.25, 0.3) is 0 Å². The fourth-order valence-electron chi connectivity index (χ4n) is 2.35. The van der Waals surface area contributed by atoms with E-state index in [1.807, 2.05) is 13.8 Å². The van der Waals surface area contributed by atoms with Crippen molar-refractivity contribution in [2.24, 2.45) is 5.41 Å². The summed E-state index contributed by atoms with van der Waals surface area (Å²) < 4.78 is 0. The molecule has 3 nitrogen and oxygen atoms in total. The second kappa shape index (κ2) is 5.67. The topological polar surface area (TPSA) is 40.5 Å². The molecule has 0 aromatic heterocycles. The van der Waals surface area contributed by atoms with Crippen LogP contribution in [0.15, 0.2) is 0 Å². The van der Waals surface area contributed by atoms with Gasteiger partial charge < -0.3 is 5.11 Å². The monoisotopic (exact) mass is 227 g/mol. The lowest BCUT2D eigenvalue weighted by atomic mass is 9.81. The van der Waals surface area contributed by atoms with Gasteiger partial charge in [-0.15, -0.1) is 0 Å². The average molecular weight is 227 g/mol. The van der Waals surface area contributed by atoms with Crippen LogP contribution in [0.4, 0.5) is 0 Å². The molecule has 0 spiro atoms. The molecule has 0 amide bonds. The largest absolute Gasteiger partial charge is 0.481 e. The third-order valence-electron chi connectivity index (χ3n) is 3.89.